The predicted octanol–water partition coefficient (Wildman–Crippen LogP) is 3.33. The number of rotatable bonds is 3. The summed E-state index contributed by atoms with van der Waals surface area (Å²) >= 11 is 0. The summed E-state index contributed by atoms with van der Waals surface area (Å²) in [5.41, 5.74) is 3.34. The molecule has 0 unspecified atom stereocenters. The zero-order chi connectivity index (χ0) is 22.1. The molecule has 2 fully saturated rings. The van der Waals surface area contributed by atoms with Crippen LogP contribution in [0.1, 0.15) is 67.7 Å². The van der Waals surface area contributed by atoms with Gasteiger partial charge in [-0.15, -0.1) is 5.92 Å². The molecule has 3 rings (SSSR count). The molecule has 2 aliphatic rings. The summed E-state index contributed by atoms with van der Waals surface area (Å²) < 4.78 is 5.14. The fraction of sp³-hybridized carbons (Fsp3) is 0.560. The molecule has 5 heteroatoms. The molecule has 0 radical (unpaired) electrons. The number of piperidine rings is 1. The van der Waals surface area contributed by atoms with E-state index in [0.717, 1.165) is 22.3 Å². The second kappa shape index (κ2) is 8.73. The molecule has 1 heterocycles. The van der Waals surface area contributed by atoms with Gasteiger partial charge in [0.2, 0.25) is 0 Å². The Hall–Kier alpha value is -2.45. The third kappa shape index (κ3) is 4.20. The first-order valence-corrected chi connectivity index (χ1v) is 10.6. The topological polar surface area (TPSA) is 63.7 Å². The summed E-state index contributed by atoms with van der Waals surface area (Å²) in [7, 11) is 1.53. The molecular weight excluding hydrogens is 378 g/mol. The Labute approximate surface area is 179 Å². The Kier molecular flexibility index (Phi) is 6.47. The lowest BCUT2D eigenvalue weighted by Crippen LogP contribution is -2.50. The van der Waals surface area contributed by atoms with Gasteiger partial charge in [0.25, 0.3) is 5.91 Å². The first-order valence-electron chi connectivity index (χ1n) is 10.6. The number of likely N-dealkylation sites (tertiary alicyclic amines) is 1. The number of ketones is 2. The molecule has 1 amide bonds. The molecule has 1 saturated heterocycles. The number of hydrogen-bond acceptors (Lipinski definition) is 4. The minimum absolute atomic E-state index is 0.0109. The SMILES string of the molecule is CC#Cc1cc(C)c(C2C(=O)CC3(CCN(C(=O)[C@@H](C)OC)CC3)CC2=O)c(C)c1. The average Bonchev–Trinajstić information content (AvgIpc) is 2.69. The summed E-state index contributed by atoms with van der Waals surface area (Å²) in [5.74, 6) is 5.27. The van der Waals surface area contributed by atoms with Crippen LogP contribution in [0, 0.1) is 31.1 Å². The lowest BCUT2D eigenvalue weighted by molar-refractivity contribution is -0.145. The van der Waals surface area contributed by atoms with E-state index >= 15 is 0 Å². The van der Waals surface area contributed by atoms with E-state index in [0.29, 0.717) is 38.8 Å². The van der Waals surface area contributed by atoms with E-state index in [1.807, 2.05) is 26.0 Å². The maximum Gasteiger partial charge on any atom is 0.251 e. The smallest absolute Gasteiger partial charge is 0.251 e. The molecule has 1 aromatic carbocycles. The Morgan fingerprint density at radius 3 is 2.13 bits per heavy atom. The zero-order valence-corrected chi connectivity index (χ0v) is 18.6. The van der Waals surface area contributed by atoms with Crippen LogP contribution in [0.15, 0.2) is 12.1 Å². The zero-order valence-electron chi connectivity index (χ0n) is 18.6. The second-order valence-corrected chi connectivity index (χ2v) is 8.82. The highest BCUT2D eigenvalue weighted by molar-refractivity contribution is 6.10. The predicted molar refractivity (Wildman–Crippen MR) is 115 cm³/mol. The Morgan fingerprint density at radius 2 is 1.67 bits per heavy atom. The van der Waals surface area contributed by atoms with Crippen molar-refractivity contribution in [3.05, 3.63) is 34.4 Å². The van der Waals surface area contributed by atoms with Crippen LogP contribution >= 0.6 is 0 Å². The minimum atomic E-state index is -0.674. The van der Waals surface area contributed by atoms with Crippen molar-refractivity contribution in [2.75, 3.05) is 20.2 Å². The van der Waals surface area contributed by atoms with Crippen molar-refractivity contribution < 1.29 is 19.1 Å². The van der Waals surface area contributed by atoms with Gasteiger partial charge < -0.3 is 9.64 Å². The van der Waals surface area contributed by atoms with Gasteiger partial charge in [-0.1, -0.05) is 5.92 Å². The molecule has 0 N–H and O–H groups in total. The van der Waals surface area contributed by atoms with Gasteiger partial charge in [-0.2, -0.15) is 0 Å². The molecule has 1 atom stereocenters. The van der Waals surface area contributed by atoms with Crippen LogP contribution in [0.25, 0.3) is 0 Å². The van der Waals surface area contributed by atoms with Crippen molar-refractivity contribution in [3.8, 4) is 11.8 Å². The van der Waals surface area contributed by atoms with E-state index < -0.39 is 12.0 Å². The highest BCUT2D eigenvalue weighted by atomic mass is 16.5. The van der Waals surface area contributed by atoms with Crippen molar-refractivity contribution in [2.24, 2.45) is 5.41 Å². The minimum Gasteiger partial charge on any atom is -0.372 e. The molecule has 1 spiro atoms. The number of methoxy groups -OCH3 is 1. The molecule has 30 heavy (non-hydrogen) atoms. The second-order valence-electron chi connectivity index (χ2n) is 8.82. The normalized spacial score (nSPS) is 20.1. The number of carbonyl (C=O) groups excluding carboxylic acids is 3. The fourth-order valence-electron chi connectivity index (χ4n) is 5.07. The van der Waals surface area contributed by atoms with E-state index in [9.17, 15) is 14.4 Å². The van der Waals surface area contributed by atoms with Crippen LogP contribution in [0.4, 0.5) is 0 Å². The Balaban J connectivity index is 1.77. The third-order valence-corrected chi connectivity index (χ3v) is 6.73. The summed E-state index contributed by atoms with van der Waals surface area (Å²) in [6.45, 7) is 8.58. The molecule has 1 aliphatic carbocycles. The molecule has 1 aromatic rings. The standard InChI is InChI=1S/C25H31NO4/c1-6-7-19-12-16(2)22(17(3)13-19)23-20(27)14-25(15-21(23)28)8-10-26(11-9-25)24(29)18(4)30-5/h12-13,18,23H,8-11,14-15H2,1-5H3/t18-/m1/s1. The Bertz CT molecular complexity index is 885. The van der Waals surface area contributed by atoms with Crippen molar-refractivity contribution in [3.63, 3.8) is 0 Å². The molecule has 0 bridgehead atoms. The summed E-state index contributed by atoms with van der Waals surface area (Å²) in [5, 5.41) is 0. The van der Waals surface area contributed by atoms with Gasteiger partial charge in [0, 0.05) is 38.6 Å². The van der Waals surface area contributed by atoms with Gasteiger partial charge in [0.05, 0.1) is 0 Å². The molecule has 160 valence electrons. The van der Waals surface area contributed by atoms with E-state index in [-0.39, 0.29) is 22.9 Å². The van der Waals surface area contributed by atoms with Crippen LogP contribution in [0.3, 0.4) is 0 Å². The molecule has 5 nitrogen and oxygen atoms in total. The quantitative estimate of drug-likeness (QED) is 0.567. The maximum atomic E-state index is 13.2. The molecule has 0 aromatic heterocycles. The number of hydrogen-bond donors (Lipinski definition) is 0. The van der Waals surface area contributed by atoms with E-state index in [1.165, 1.54) is 7.11 Å². The molecular formula is C25H31NO4. The van der Waals surface area contributed by atoms with E-state index in [1.54, 1.807) is 18.7 Å². The van der Waals surface area contributed by atoms with Crippen LogP contribution in [0.2, 0.25) is 0 Å². The summed E-state index contributed by atoms with van der Waals surface area (Å²) in [4.78, 5) is 40.6. The number of Topliss-reactive ketones (excluding diaryl/α,β-unsaturated/α-hetero) is 2. The lowest BCUT2D eigenvalue weighted by atomic mass is 9.62. The number of ether oxygens (including phenoxy) is 1. The first kappa shape index (κ1) is 22.2. The van der Waals surface area contributed by atoms with Crippen LogP contribution < -0.4 is 0 Å². The van der Waals surface area contributed by atoms with Gasteiger partial charge in [-0.3, -0.25) is 14.4 Å². The number of nitrogens with zero attached hydrogens (tertiary/aromatic N) is 1. The van der Waals surface area contributed by atoms with Crippen LogP contribution in [-0.4, -0.2) is 48.7 Å². The maximum absolute atomic E-state index is 13.2. The van der Waals surface area contributed by atoms with Gasteiger partial charge in [-0.05, 0) is 74.8 Å². The summed E-state index contributed by atoms with van der Waals surface area (Å²) in [6, 6.07) is 3.93. The Morgan fingerprint density at radius 1 is 1.13 bits per heavy atom. The van der Waals surface area contributed by atoms with Gasteiger partial charge in [0.1, 0.15) is 23.6 Å². The van der Waals surface area contributed by atoms with E-state index in [4.69, 9.17) is 4.74 Å². The van der Waals surface area contributed by atoms with Crippen molar-refractivity contribution in [1.82, 2.24) is 4.90 Å². The molecule has 1 aliphatic heterocycles. The molecule has 1 saturated carbocycles. The fourth-order valence-corrected chi connectivity index (χ4v) is 5.07. The number of benzene rings is 1. The number of aryl methyl sites for hydroxylation is 2. The van der Waals surface area contributed by atoms with Crippen LogP contribution in [-0.2, 0) is 19.1 Å². The third-order valence-electron chi connectivity index (χ3n) is 6.73. The van der Waals surface area contributed by atoms with E-state index in [2.05, 4.69) is 11.8 Å². The summed E-state index contributed by atoms with van der Waals surface area (Å²) in [6.07, 6.45) is 1.70. The van der Waals surface area contributed by atoms with Crippen molar-refractivity contribution >= 4 is 17.5 Å². The lowest BCUT2D eigenvalue weighted by Gasteiger charge is -2.45. The van der Waals surface area contributed by atoms with Gasteiger partial charge >= 0.3 is 0 Å². The van der Waals surface area contributed by atoms with Crippen molar-refractivity contribution in [2.45, 2.75) is 65.4 Å². The van der Waals surface area contributed by atoms with Crippen molar-refractivity contribution in [1.29, 1.82) is 0 Å². The largest absolute Gasteiger partial charge is 0.372 e. The van der Waals surface area contributed by atoms with Gasteiger partial charge in [-0.25, -0.2) is 0 Å². The van der Waals surface area contributed by atoms with Gasteiger partial charge in [0.15, 0.2) is 0 Å². The highest BCUT2D eigenvalue weighted by Crippen LogP contribution is 2.46. The first-order chi connectivity index (χ1) is 14.2. The number of amides is 1. The highest BCUT2D eigenvalue weighted by Gasteiger charge is 2.48. The van der Waals surface area contributed by atoms with Crippen LogP contribution in [0.5, 0.6) is 0 Å². The number of carbonyl (C=O) groups is 3. The monoisotopic (exact) mass is 409 g/mol. The average molecular weight is 410 g/mol.